The Bertz CT molecular complexity index is 1460. The summed E-state index contributed by atoms with van der Waals surface area (Å²) in [7, 11) is 0. The van der Waals surface area contributed by atoms with Crippen LogP contribution in [0.3, 0.4) is 0 Å². The summed E-state index contributed by atoms with van der Waals surface area (Å²) in [5.74, 6) is -0.394. The topological polar surface area (TPSA) is 144 Å². The first-order valence-corrected chi connectivity index (χ1v) is 11.8. The van der Waals surface area contributed by atoms with Gasteiger partial charge in [0, 0.05) is 11.6 Å². The Balaban J connectivity index is 1.47. The summed E-state index contributed by atoms with van der Waals surface area (Å²) >= 11 is 6.37. The number of amides is 2. The van der Waals surface area contributed by atoms with Crippen molar-refractivity contribution in [1.29, 1.82) is 0 Å². The lowest BCUT2D eigenvalue weighted by Crippen LogP contribution is -2.64. The van der Waals surface area contributed by atoms with E-state index in [1.807, 2.05) is 18.2 Å². The average molecular weight is 519 g/mol. The van der Waals surface area contributed by atoms with Crippen LogP contribution < -0.4 is 16.4 Å². The maximum absolute atomic E-state index is 13.3. The highest BCUT2D eigenvalue weighted by Crippen LogP contribution is 2.27. The number of benzene rings is 2. The molecule has 0 radical (unpaired) electrons. The van der Waals surface area contributed by atoms with Gasteiger partial charge in [-0.3, -0.25) is 9.59 Å². The Kier molecular flexibility index (Phi) is 6.62. The van der Waals surface area contributed by atoms with Crippen molar-refractivity contribution in [3.63, 3.8) is 0 Å². The number of ether oxygens (including phenoxy) is 1. The zero-order chi connectivity index (χ0) is 26.0. The van der Waals surface area contributed by atoms with Crippen molar-refractivity contribution in [2.45, 2.75) is 5.54 Å². The smallest absolute Gasteiger partial charge is 0.272 e. The second-order valence-corrected chi connectivity index (χ2v) is 9.05. The lowest BCUT2D eigenvalue weighted by Gasteiger charge is -2.40. The van der Waals surface area contributed by atoms with Crippen molar-refractivity contribution in [1.82, 2.24) is 20.1 Å². The Morgan fingerprint density at radius 3 is 2.51 bits per heavy atom. The molecule has 1 saturated heterocycles. The third-order valence-electron chi connectivity index (χ3n) is 5.90. The maximum atomic E-state index is 13.3. The van der Waals surface area contributed by atoms with Crippen LogP contribution in [0.4, 0.5) is 11.6 Å². The molecule has 2 aromatic heterocycles. The van der Waals surface area contributed by atoms with Gasteiger partial charge in [-0.2, -0.15) is 5.10 Å². The molecule has 0 aliphatic carbocycles. The first kappa shape index (κ1) is 24.4. The van der Waals surface area contributed by atoms with Gasteiger partial charge in [-0.1, -0.05) is 41.9 Å². The molecule has 0 unspecified atom stereocenters. The minimum absolute atomic E-state index is 0.0580. The van der Waals surface area contributed by atoms with E-state index in [0.717, 1.165) is 0 Å². The van der Waals surface area contributed by atoms with E-state index in [1.165, 1.54) is 10.7 Å². The Morgan fingerprint density at radius 2 is 1.84 bits per heavy atom. The number of nitrogen functional groups attached to an aromatic ring is 1. The molecule has 2 amide bonds. The molecule has 10 nitrogen and oxygen atoms in total. The van der Waals surface area contributed by atoms with Crippen LogP contribution in [-0.4, -0.2) is 57.0 Å². The Hall–Kier alpha value is -4.25. The number of hydrogen-bond donors (Lipinski definition) is 4. The summed E-state index contributed by atoms with van der Waals surface area (Å²) in [5, 5.41) is 19.9. The first-order chi connectivity index (χ1) is 17.9. The van der Waals surface area contributed by atoms with Gasteiger partial charge in [-0.25, -0.2) is 9.67 Å². The largest absolute Gasteiger partial charge is 0.394 e. The summed E-state index contributed by atoms with van der Waals surface area (Å²) in [5.41, 5.74) is 7.11. The number of hydrogen-bond acceptors (Lipinski definition) is 7. The second kappa shape index (κ2) is 10.0. The number of nitrogens with zero attached hydrogens (tertiary/aromatic N) is 3. The van der Waals surface area contributed by atoms with Crippen LogP contribution in [0.1, 0.15) is 20.8 Å². The highest BCUT2D eigenvalue weighted by molar-refractivity contribution is 6.34. The maximum Gasteiger partial charge on any atom is 0.272 e. The van der Waals surface area contributed by atoms with Crippen LogP contribution in [-0.2, 0) is 4.74 Å². The normalized spacial score (nSPS) is 14.0. The summed E-state index contributed by atoms with van der Waals surface area (Å²) < 4.78 is 6.60. The lowest BCUT2D eigenvalue weighted by molar-refractivity contribution is -0.0920. The van der Waals surface area contributed by atoms with Crippen molar-refractivity contribution >= 4 is 35.1 Å². The molecule has 3 heterocycles. The molecule has 0 saturated carbocycles. The van der Waals surface area contributed by atoms with E-state index in [1.54, 1.807) is 48.5 Å². The van der Waals surface area contributed by atoms with Crippen LogP contribution in [0.15, 0.2) is 72.8 Å². The Morgan fingerprint density at radius 1 is 1.05 bits per heavy atom. The van der Waals surface area contributed by atoms with E-state index in [2.05, 4.69) is 20.7 Å². The molecule has 1 aliphatic rings. The minimum Gasteiger partial charge on any atom is -0.394 e. The SMILES string of the molecule is Nc1cccc(-c2ccc(Cl)c(C(=O)Nc3cc(C(=O)NC4(CO)COC4)nn3-c3ccccc3)c2)n1. The molecular weight excluding hydrogens is 496 g/mol. The number of rotatable bonds is 7. The van der Waals surface area contributed by atoms with Crippen molar-refractivity contribution in [3.8, 4) is 16.9 Å². The van der Waals surface area contributed by atoms with Crippen LogP contribution in [0.2, 0.25) is 5.02 Å². The number of aliphatic hydroxyl groups excluding tert-OH is 1. The number of aromatic nitrogens is 3. The van der Waals surface area contributed by atoms with Crippen LogP contribution in [0, 0.1) is 0 Å². The van der Waals surface area contributed by atoms with Crippen molar-refractivity contribution in [2.24, 2.45) is 0 Å². The molecule has 1 fully saturated rings. The average Bonchev–Trinajstić information content (AvgIpc) is 3.30. The predicted molar refractivity (Wildman–Crippen MR) is 139 cm³/mol. The number of anilines is 2. The van der Waals surface area contributed by atoms with E-state index < -0.39 is 17.4 Å². The first-order valence-electron chi connectivity index (χ1n) is 11.4. The number of halogens is 1. The third-order valence-corrected chi connectivity index (χ3v) is 6.23. The monoisotopic (exact) mass is 518 g/mol. The Labute approximate surface area is 217 Å². The van der Waals surface area contributed by atoms with E-state index in [4.69, 9.17) is 22.1 Å². The van der Waals surface area contributed by atoms with Crippen LogP contribution >= 0.6 is 11.6 Å². The summed E-state index contributed by atoms with van der Waals surface area (Å²) in [6.45, 7) is 0.141. The minimum atomic E-state index is -0.847. The van der Waals surface area contributed by atoms with Gasteiger partial charge in [0.1, 0.15) is 17.2 Å². The fourth-order valence-electron chi connectivity index (χ4n) is 3.86. The zero-order valence-electron chi connectivity index (χ0n) is 19.5. The number of aliphatic hydroxyl groups is 1. The molecule has 1 aliphatic heterocycles. The van der Waals surface area contributed by atoms with Gasteiger partial charge in [0.2, 0.25) is 0 Å². The fourth-order valence-corrected chi connectivity index (χ4v) is 4.06. The fraction of sp³-hybridized carbons (Fsp3) is 0.154. The molecule has 0 atom stereocenters. The number of nitrogens with two attached hydrogens (primary N) is 1. The summed E-state index contributed by atoms with van der Waals surface area (Å²) in [4.78, 5) is 30.6. The molecule has 37 heavy (non-hydrogen) atoms. The van der Waals surface area contributed by atoms with Crippen molar-refractivity contribution in [3.05, 3.63) is 89.1 Å². The number of carbonyl (C=O) groups is 2. The number of pyridine rings is 1. The van der Waals surface area contributed by atoms with Gasteiger partial charge < -0.3 is 26.2 Å². The predicted octanol–water partition coefficient (Wildman–Crippen LogP) is 2.91. The standard InChI is InChI=1S/C26H23ClN6O4/c27-19-10-9-16(20-7-4-8-22(28)29-20)11-18(19)24(35)30-23-12-21(25(36)31-26(13-34)14-37-15-26)32-33(23)17-5-2-1-3-6-17/h1-12,34H,13-15H2,(H2,28,29)(H,30,35)(H,31,36). The number of nitrogens with one attached hydrogen (secondary N) is 2. The zero-order valence-corrected chi connectivity index (χ0v) is 20.3. The molecule has 4 aromatic rings. The second-order valence-electron chi connectivity index (χ2n) is 8.64. The van der Waals surface area contributed by atoms with Gasteiger partial charge in [0.25, 0.3) is 11.8 Å². The van der Waals surface area contributed by atoms with E-state index in [-0.39, 0.29) is 41.9 Å². The van der Waals surface area contributed by atoms with Gasteiger partial charge in [0.15, 0.2) is 5.69 Å². The van der Waals surface area contributed by atoms with Crippen molar-refractivity contribution in [2.75, 3.05) is 30.9 Å². The highest BCUT2D eigenvalue weighted by atomic mass is 35.5. The van der Waals surface area contributed by atoms with Crippen LogP contribution in [0.5, 0.6) is 0 Å². The van der Waals surface area contributed by atoms with Gasteiger partial charge in [-0.05, 0) is 36.4 Å². The number of para-hydroxylation sites is 1. The number of carbonyl (C=O) groups excluding carboxylic acids is 2. The molecule has 5 rings (SSSR count). The third kappa shape index (κ3) is 5.03. The van der Waals surface area contributed by atoms with Gasteiger partial charge >= 0.3 is 0 Å². The van der Waals surface area contributed by atoms with Crippen LogP contribution in [0.25, 0.3) is 16.9 Å². The quantitative estimate of drug-likeness (QED) is 0.294. The van der Waals surface area contributed by atoms with E-state index in [9.17, 15) is 14.7 Å². The molecule has 0 spiro atoms. The highest BCUT2D eigenvalue weighted by Gasteiger charge is 2.40. The van der Waals surface area contributed by atoms with Gasteiger partial charge in [-0.15, -0.1) is 0 Å². The molecule has 0 bridgehead atoms. The molecular formula is C26H23ClN6O4. The van der Waals surface area contributed by atoms with E-state index >= 15 is 0 Å². The molecule has 5 N–H and O–H groups in total. The van der Waals surface area contributed by atoms with Crippen molar-refractivity contribution < 1.29 is 19.4 Å². The molecule has 2 aromatic carbocycles. The van der Waals surface area contributed by atoms with E-state index in [0.29, 0.717) is 22.8 Å². The molecule has 11 heteroatoms. The molecule has 188 valence electrons. The van der Waals surface area contributed by atoms with Gasteiger partial charge in [0.05, 0.1) is 41.8 Å². The summed E-state index contributed by atoms with van der Waals surface area (Å²) in [6, 6.07) is 20.7. The lowest BCUT2D eigenvalue weighted by atomic mass is 9.99. The summed E-state index contributed by atoms with van der Waals surface area (Å²) in [6.07, 6.45) is 0.